The van der Waals surface area contributed by atoms with Crippen LogP contribution in [0.1, 0.15) is 26.2 Å². The quantitative estimate of drug-likeness (QED) is 0.766. The molecular weight excluding hydrogens is 306 g/mol. The molecule has 24 heavy (non-hydrogen) atoms. The van der Waals surface area contributed by atoms with Gasteiger partial charge in [0.25, 0.3) is 0 Å². The van der Waals surface area contributed by atoms with Crippen molar-refractivity contribution in [3.05, 3.63) is 36.5 Å². The molecule has 1 amide bonds. The van der Waals surface area contributed by atoms with Crippen molar-refractivity contribution >= 4 is 23.1 Å². The van der Waals surface area contributed by atoms with Gasteiger partial charge in [-0.2, -0.15) is 0 Å². The average Bonchev–Trinajstić information content (AvgIpc) is 2.61. The summed E-state index contributed by atoms with van der Waals surface area (Å²) < 4.78 is 10.5. The molecule has 0 aliphatic heterocycles. The molecule has 2 rings (SSSR count). The Morgan fingerprint density at radius 3 is 2.46 bits per heavy atom. The average molecular weight is 329 g/mol. The molecule has 0 bridgehead atoms. The van der Waals surface area contributed by atoms with Crippen LogP contribution in [0.3, 0.4) is 0 Å². The van der Waals surface area contributed by atoms with E-state index in [1.165, 1.54) is 0 Å². The lowest BCUT2D eigenvalue weighted by Gasteiger charge is -2.11. The fourth-order valence-corrected chi connectivity index (χ4v) is 2.17. The number of carbonyl (C=O) groups excluding carboxylic acids is 1. The first-order valence-corrected chi connectivity index (χ1v) is 7.91. The lowest BCUT2D eigenvalue weighted by Crippen LogP contribution is -2.12. The normalized spacial score (nSPS) is 10.1. The number of hydrogen-bond donors (Lipinski definition) is 2. The van der Waals surface area contributed by atoms with Crippen LogP contribution in [0.4, 0.5) is 17.2 Å². The van der Waals surface area contributed by atoms with Gasteiger partial charge in [0, 0.05) is 18.2 Å². The summed E-state index contributed by atoms with van der Waals surface area (Å²) >= 11 is 0. The second-order valence-corrected chi connectivity index (χ2v) is 5.28. The molecule has 0 atom stereocenters. The largest absolute Gasteiger partial charge is 0.493 e. The Kier molecular flexibility index (Phi) is 6.42. The Morgan fingerprint density at radius 2 is 1.83 bits per heavy atom. The van der Waals surface area contributed by atoms with E-state index in [2.05, 4.69) is 22.5 Å². The highest BCUT2D eigenvalue weighted by Crippen LogP contribution is 2.31. The highest BCUT2D eigenvalue weighted by atomic mass is 16.5. The Bertz CT molecular complexity index is 672. The Hall–Kier alpha value is -2.76. The minimum atomic E-state index is -0.00931. The number of benzene rings is 1. The number of methoxy groups -OCH3 is 2. The van der Waals surface area contributed by atoms with E-state index in [-0.39, 0.29) is 5.91 Å². The van der Waals surface area contributed by atoms with Crippen molar-refractivity contribution in [1.82, 2.24) is 4.98 Å². The van der Waals surface area contributed by atoms with Gasteiger partial charge in [0.2, 0.25) is 5.91 Å². The number of carbonyl (C=O) groups is 1. The first kappa shape index (κ1) is 17.6. The number of ether oxygens (including phenoxy) is 2. The van der Waals surface area contributed by atoms with Crippen molar-refractivity contribution in [2.45, 2.75) is 26.2 Å². The van der Waals surface area contributed by atoms with Gasteiger partial charge in [0.1, 0.15) is 5.82 Å². The monoisotopic (exact) mass is 329 g/mol. The second kappa shape index (κ2) is 8.76. The summed E-state index contributed by atoms with van der Waals surface area (Å²) in [5.74, 6) is 1.86. The van der Waals surface area contributed by atoms with E-state index < -0.39 is 0 Å². The van der Waals surface area contributed by atoms with Crippen molar-refractivity contribution in [2.24, 2.45) is 0 Å². The highest BCUT2D eigenvalue weighted by molar-refractivity contribution is 5.89. The maximum Gasteiger partial charge on any atom is 0.225 e. The van der Waals surface area contributed by atoms with Gasteiger partial charge in [-0.05, 0) is 30.7 Å². The summed E-state index contributed by atoms with van der Waals surface area (Å²) in [5, 5.41) is 6.02. The van der Waals surface area contributed by atoms with E-state index >= 15 is 0 Å². The van der Waals surface area contributed by atoms with Crippen LogP contribution in [-0.4, -0.2) is 25.1 Å². The van der Waals surface area contributed by atoms with Crippen LogP contribution >= 0.6 is 0 Å². The molecule has 2 N–H and O–H groups in total. The zero-order chi connectivity index (χ0) is 17.4. The standard InChI is InChI=1S/C18H23N3O3/c1-4-5-6-18(22)21-17-10-8-14(12-19-17)20-13-7-9-15(23-2)16(11-13)24-3/h7-12,20H,4-6H2,1-3H3,(H,19,21,22). The minimum absolute atomic E-state index is 0.00931. The topological polar surface area (TPSA) is 72.5 Å². The lowest BCUT2D eigenvalue weighted by atomic mass is 10.2. The number of pyridine rings is 1. The number of amides is 1. The Labute approximate surface area is 142 Å². The van der Waals surface area contributed by atoms with Crippen molar-refractivity contribution in [3.8, 4) is 11.5 Å². The number of nitrogens with zero attached hydrogens (tertiary/aromatic N) is 1. The second-order valence-electron chi connectivity index (χ2n) is 5.28. The van der Waals surface area contributed by atoms with Gasteiger partial charge in [-0.3, -0.25) is 4.79 Å². The van der Waals surface area contributed by atoms with Crippen molar-refractivity contribution < 1.29 is 14.3 Å². The summed E-state index contributed by atoms with van der Waals surface area (Å²) in [4.78, 5) is 15.9. The molecule has 0 saturated heterocycles. The number of rotatable bonds is 8. The SMILES string of the molecule is CCCCC(=O)Nc1ccc(Nc2ccc(OC)c(OC)c2)cn1. The van der Waals surface area contributed by atoms with Gasteiger partial charge < -0.3 is 20.1 Å². The van der Waals surface area contributed by atoms with E-state index in [9.17, 15) is 4.79 Å². The van der Waals surface area contributed by atoms with E-state index in [4.69, 9.17) is 9.47 Å². The first-order chi connectivity index (χ1) is 11.7. The Morgan fingerprint density at radius 1 is 1.08 bits per heavy atom. The molecule has 1 aromatic heterocycles. The number of aromatic nitrogens is 1. The summed E-state index contributed by atoms with van der Waals surface area (Å²) in [6.07, 6.45) is 4.07. The molecule has 6 heteroatoms. The fourth-order valence-electron chi connectivity index (χ4n) is 2.17. The molecule has 0 saturated carbocycles. The number of nitrogens with one attached hydrogen (secondary N) is 2. The maximum absolute atomic E-state index is 11.7. The van der Waals surface area contributed by atoms with E-state index in [0.29, 0.717) is 23.7 Å². The lowest BCUT2D eigenvalue weighted by molar-refractivity contribution is -0.116. The van der Waals surface area contributed by atoms with Crippen LogP contribution < -0.4 is 20.1 Å². The van der Waals surface area contributed by atoms with Crippen LogP contribution in [0.2, 0.25) is 0 Å². The van der Waals surface area contributed by atoms with Gasteiger partial charge in [-0.25, -0.2) is 4.98 Å². The van der Waals surface area contributed by atoms with Crippen molar-refractivity contribution in [3.63, 3.8) is 0 Å². The maximum atomic E-state index is 11.7. The third-order valence-electron chi connectivity index (χ3n) is 3.46. The van der Waals surface area contributed by atoms with Gasteiger partial charge in [0.15, 0.2) is 11.5 Å². The summed E-state index contributed by atoms with van der Waals surface area (Å²) in [5.41, 5.74) is 1.67. The van der Waals surface area contributed by atoms with Crippen molar-refractivity contribution in [2.75, 3.05) is 24.9 Å². The van der Waals surface area contributed by atoms with Crippen LogP contribution in [0.25, 0.3) is 0 Å². The molecule has 0 aliphatic rings. The fraction of sp³-hybridized carbons (Fsp3) is 0.333. The predicted octanol–water partition coefficient (Wildman–Crippen LogP) is 3.97. The third-order valence-corrected chi connectivity index (χ3v) is 3.46. The van der Waals surface area contributed by atoms with Crippen LogP contribution in [0.5, 0.6) is 11.5 Å². The van der Waals surface area contributed by atoms with Gasteiger partial charge >= 0.3 is 0 Å². The molecule has 1 aromatic carbocycles. The molecule has 1 heterocycles. The molecule has 0 unspecified atom stereocenters. The molecule has 0 spiro atoms. The molecule has 0 aliphatic carbocycles. The van der Waals surface area contributed by atoms with Crippen LogP contribution in [0.15, 0.2) is 36.5 Å². The minimum Gasteiger partial charge on any atom is -0.493 e. The van der Waals surface area contributed by atoms with Gasteiger partial charge in [-0.15, -0.1) is 0 Å². The first-order valence-electron chi connectivity index (χ1n) is 7.91. The number of hydrogen-bond acceptors (Lipinski definition) is 5. The van der Waals surface area contributed by atoms with Gasteiger partial charge in [-0.1, -0.05) is 13.3 Å². The van der Waals surface area contributed by atoms with Crippen LogP contribution in [-0.2, 0) is 4.79 Å². The molecule has 0 fully saturated rings. The Balaban J connectivity index is 2.00. The molecular formula is C18H23N3O3. The predicted molar refractivity (Wildman–Crippen MR) is 95.2 cm³/mol. The molecule has 0 radical (unpaired) electrons. The highest BCUT2D eigenvalue weighted by Gasteiger charge is 2.06. The summed E-state index contributed by atoms with van der Waals surface area (Å²) in [7, 11) is 3.20. The third kappa shape index (κ3) is 4.87. The van der Waals surface area contributed by atoms with E-state index in [1.807, 2.05) is 24.3 Å². The number of anilines is 3. The van der Waals surface area contributed by atoms with Crippen LogP contribution in [0, 0.1) is 0 Å². The van der Waals surface area contributed by atoms with E-state index in [1.54, 1.807) is 26.5 Å². The summed E-state index contributed by atoms with van der Waals surface area (Å²) in [6.45, 7) is 2.06. The number of unbranched alkanes of at least 4 members (excludes halogenated alkanes) is 1. The zero-order valence-corrected chi connectivity index (χ0v) is 14.3. The van der Waals surface area contributed by atoms with Gasteiger partial charge in [0.05, 0.1) is 26.1 Å². The molecule has 128 valence electrons. The molecule has 2 aromatic rings. The molecule has 6 nitrogen and oxygen atoms in total. The smallest absolute Gasteiger partial charge is 0.225 e. The summed E-state index contributed by atoms with van der Waals surface area (Å²) in [6, 6.07) is 9.20. The van der Waals surface area contributed by atoms with E-state index in [0.717, 1.165) is 24.2 Å². The van der Waals surface area contributed by atoms with Crippen molar-refractivity contribution in [1.29, 1.82) is 0 Å². The zero-order valence-electron chi connectivity index (χ0n) is 14.3.